The highest BCUT2D eigenvalue weighted by Crippen LogP contribution is 2.23. The van der Waals surface area contributed by atoms with Gasteiger partial charge in [0.25, 0.3) is 11.5 Å². The van der Waals surface area contributed by atoms with Crippen LogP contribution < -0.4 is 15.7 Å². The van der Waals surface area contributed by atoms with Crippen LogP contribution in [0.1, 0.15) is 18.9 Å². The van der Waals surface area contributed by atoms with E-state index in [0.29, 0.717) is 39.6 Å². The molecule has 0 aliphatic rings. The third-order valence-electron chi connectivity index (χ3n) is 5.26. The molecule has 0 fully saturated rings. The third kappa shape index (κ3) is 5.52. The predicted octanol–water partition coefficient (Wildman–Crippen LogP) is 4.12. The fourth-order valence-corrected chi connectivity index (χ4v) is 4.27. The van der Waals surface area contributed by atoms with Crippen molar-refractivity contribution >= 4 is 34.3 Å². The number of ether oxygens (including phenoxy) is 1. The van der Waals surface area contributed by atoms with Crippen molar-refractivity contribution in [1.82, 2.24) is 15.0 Å². The third-order valence-corrected chi connectivity index (χ3v) is 6.20. The maximum absolute atomic E-state index is 13.3. The Morgan fingerprint density at radius 3 is 2.49 bits per heavy atom. The Labute approximate surface area is 206 Å². The molecule has 3 aromatic carbocycles. The number of nitrogens with one attached hydrogen (secondary N) is 1. The fraction of sp³-hybridized carbons (Fsp3) is 0.154. The number of rotatable bonds is 8. The summed E-state index contributed by atoms with van der Waals surface area (Å²) >= 11 is 1.15. The number of carbonyl (C=O) groups excluding carboxylic acids is 1. The first-order chi connectivity index (χ1) is 17.0. The number of hydrogen-bond donors (Lipinski definition) is 2. The predicted molar refractivity (Wildman–Crippen MR) is 138 cm³/mol. The molecule has 0 radical (unpaired) electrons. The van der Waals surface area contributed by atoms with Gasteiger partial charge in [0.1, 0.15) is 11.5 Å². The lowest BCUT2D eigenvalue weighted by Gasteiger charge is -2.13. The standard InChI is InChI=1S/C26H24N4O4S/c1-3-22(17-8-12-19(31)13-9-17)28-29-24(32)16-35-26-27-23-7-5-4-6-21(23)25(33)30(26)18-10-14-20(34-2)15-11-18/h4-15,31H,3,16H2,1-2H3,(H,29,32). The molecule has 0 atom stereocenters. The molecule has 35 heavy (non-hydrogen) atoms. The van der Waals surface area contributed by atoms with Crippen LogP contribution in [0, 0.1) is 0 Å². The molecule has 0 saturated heterocycles. The minimum absolute atomic E-state index is 0.0109. The van der Waals surface area contributed by atoms with Gasteiger partial charge in [-0.3, -0.25) is 14.2 Å². The van der Waals surface area contributed by atoms with E-state index < -0.39 is 0 Å². The number of hydrazone groups is 1. The molecule has 4 rings (SSSR count). The number of nitrogens with zero attached hydrogens (tertiary/aromatic N) is 3. The Morgan fingerprint density at radius 2 is 1.80 bits per heavy atom. The summed E-state index contributed by atoms with van der Waals surface area (Å²) in [5.74, 6) is 0.512. The van der Waals surface area contributed by atoms with E-state index in [0.717, 1.165) is 17.3 Å². The van der Waals surface area contributed by atoms with Gasteiger partial charge in [0, 0.05) is 0 Å². The van der Waals surface area contributed by atoms with Crippen LogP contribution in [-0.4, -0.2) is 39.1 Å². The number of amides is 1. The minimum atomic E-state index is -0.330. The van der Waals surface area contributed by atoms with E-state index in [1.807, 2.05) is 13.0 Å². The molecule has 0 unspecified atom stereocenters. The summed E-state index contributed by atoms with van der Waals surface area (Å²) in [6.07, 6.45) is 0.599. The number of thioether (sulfide) groups is 1. The van der Waals surface area contributed by atoms with Crippen LogP contribution in [0.4, 0.5) is 0 Å². The van der Waals surface area contributed by atoms with Crippen molar-refractivity contribution in [2.75, 3.05) is 12.9 Å². The van der Waals surface area contributed by atoms with Crippen molar-refractivity contribution in [2.24, 2.45) is 5.10 Å². The van der Waals surface area contributed by atoms with Crippen molar-refractivity contribution < 1.29 is 14.6 Å². The number of phenols is 1. The van der Waals surface area contributed by atoms with Crippen LogP contribution in [-0.2, 0) is 4.79 Å². The Hall–Kier alpha value is -4.11. The molecule has 0 saturated carbocycles. The zero-order chi connectivity index (χ0) is 24.8. The highest BCUT2D eigenvalue weighted by molar-refractivity contribution is 7.99. The second kappa shape index (κ2) is 10.9. The van der Waals surface area contributed by atoms with Crippen molar-refractivity contribution in [2.45, 2.75) is 18.5 Å². The van der Waals surface area contributed by atoms with E-state index in [2.05, 4.69) is 15.5 Å². The minimum Gasteiger partial charge on any atom is -0.508 e. The van der Waals surface area contributed by atoms with Crippen molar-refractivity contribution in [3.63, 3.8) is 0 Å². The summed E-state index contributed by atoms with van der Waals surface area (Å²) in [6.45, 7) is 1.93. The molecule has 2 N–H and O–H groups in total. The van der Waals surface area contributed by atoms with E-state index in [1.165, 1.54) is 4.57 Å². The van der Waals surface area contributed by atoms with Gasteiger partial charge in [0.15, 0.2) is 5.16 Å². The first-order valence-corrected chi connectivity index (χ1v) is 11.9. The average Bonchev–Trinajstić information content (AvgIpc) is 2.89. The number of aromatic nitrogens is 2. The molecule has 0 aliphatic heterocycles. The molecule has 1 amide bonds. The number of fused-ring (bicyclic) bond motifs is 1. The fourth-order valence-electron chi connectivity index (χ4n) is 3.46. The van der Waals surface area contributed by atoms with Crippen LogP contribution >= 0.6 is 11.8 Å². The number of methoxy groups -OCH3 is 1. The van der Waals surface area contributed by atoms with E-state index in [4.69, 9.17) is 4.74 Å². The van der Waals surface area contributed by atoms with E-state index in [9.17, 15) is 14.7 Å². The van der Waals surface area contributed by atoms with E-state index >= 15 is 0 Å². The molecular weight excluding hydrogens is 464 g/mol. The molecule has 0 spiro atoms. The summed E-state index contributed by atoms with van der Waals surface area (Å²) < 4.78 is 6.72. The normalized spacial score (nSPS) is 11.4. The van der Waals surface area contributed by atoms with Gasteiger partial charge in [-0.05, 0) is 72.6 Å². The number of carbonyl (C=O) groups is 1. The Bertz CT molecular complexity index is 1430. The Kier molecular flexibility index (Phi) is 7.47. The van der Waals surface area contributed by atoms with E-state index in [-0.39, 0.29) is 23.0 Å². The summed E-state index contributed by atoms with van der Waals surface area (Å²) in [5.41, 5.74) is 5.03. The average molecular weight is 489 g/mol. The summed E-state index contributed by atoms with van der Waals surface area (Å²) in [7, 11) is 1.58. The maximum Gasteiger partial charge on any atom is 0.266 e. The lowest BCUT2D eigenvalue weighted by Crippen LogP contribution is -2.24. The lowest BCUT2D eigenvalue weighted by atomic mass is 10.1. The van der Waals surface area contributed by atoms with Gasteiger partial charge in [0.05, 0.1) is 35.2 Å². The highest BCUT2D eigenvalue weighted by atomic mass is 32.2. The van der Waals surface area contributed by atoms with Crippen molar-refractivity contribution in [1.29, 1.82) is 0 Å². The molecule has 1 aromatic heterocycles. The second-order valence-corrected chi connectivity index (χ2v) is 8.48. The number of para-hydroxylation sites is 1. The summed E-state index contributed by atoms with van der Waals surface area (Å²) in [5, 5.41) is 14.6. The first-order valence-electron chi connectivity index (χ1n) is 10.9. The molecular formula is C26H24N4O4S. The quantitative estimate of drug-likeness (QED) is 0.167. The number of phenolic OH excluding ortho intramolecular Hbond substituents is 1. The van der Waals surface area contributed by atoms with Gasteiger partial charge < -0.3 is 9.84 Å². The van der Waals surface area contributed by atoms with Crippen LogP contribution in [0.5, 0.6) is 11.5 Å². The molecule has 178 valence electrons. The van der Waals surface area contributed by atoms with Crippen LogP contribution in [0.15, 0.2) is 87.8 Å². The monoisotopic (exact) mass is 488 g/mol. The smallest absolute Gasteiger partial charge is 0.266 e. The molecule has 1 heterocycles. The van der Waals surface area contributed by atoms with Gasteiger partial charge >= 0.3 is 0 Å². The van der Waals surface area contributed by atoms with Crippen LogP contribution in [0.2, 0.25) is 0 Å². The SMILES string of the molecule is CCC(=NNC(=O)CSc1nc2ccccc2c(=O)n1-c1ccc(OC)cc1)c1ccc(O)cc1. The Balaban J connectivity index is 1.58. The zero-order valence-electron chi connectivity index (χ0n) is 19.3. The maximum atomic E-state index is 13.3. The Morgan fingerprint density at radius 1 is 1.09 bits per heavy atom. The van der Waals surface area contributed by atoms with Gasteiger partial charge in [-0.15, -0.1) is 0 Å². The summed E-state index contributed by atoms with van der Waals surface area (Å²) in [6, 6.07) is 20.8. The molecule has 0 bridgehead atoms. The van der Waals surface area contributed by atoms with Gasteiger partial charge in [-0.2, -0.15) is 5.10 Å². The lowest BCUT2D eigenvalue weighted by molar-refractivity contribution is -0.118. The number of benzene rings is 3. The molecule has 8 nitrogen and oxygen atoms in total. The highest BCUT2D eigenvalue weighted by Gasteiger charge is 2.15. The van der Waals surface area contributed by atoms with E-state index in [1.54, 1.807) is 73.8 Å². The first kappa shape index (κ1) is 24.0. The second-order valence-electron chi connectivity index (χ2n) is 7.53. The van der Waals surface area contributed by atoms with Crippen molar-refractivity contribution in [3.05, 3.63) is 88.7 Å². The van der Waals surface area contributed by atoms with Crippen LogP contribution in [0.25, 0.3) is 16.6 Å². The number of aromatic hydroxyl groups is 1. The topological polar surface area (TPSA) is 106 Å². The zero-order valence-corrected chi connectivity index (χ0v) is 20.1. The van der Waals surface area contributed by atoms with Gasteiger partial charge in [-0.25, -0.2) is 10.4 Å². The molecule has 0 aliphatic carbocycles. The van der Waals surface area contributed by atoms with Crippen molar-refractivity contribution in [3.8, 4) is 17.2 Å². The summed E-state index contributed by atoms with van der Waals surface area (Å²) in [4.78, 5) is 30.6. The largest absolute Gasteiger partial charge is 0.508 e. The van der Waals surface area contributed by atoms with Crippen LogP contribution in [0.3, 0.4) is 0 Å². The van der Waals surface area contributed by atoms with Gasteiger partial charge in [-0.1, -0.05) is 30.8 Å². The van der Waals surface area contributed by atoms with Gasteiger partial charge in [0.2, 0.25) is 0 Å². The molecule has 9 heteroatoms. The molecule has 4 aromatic rings. The number of hydrogen-bond acceptors (Lipinski definition) is 7.